The Bertz CT molecular complexity index is 729. The minimum atomic E-state index is -1.02. The molecule has 100 valence electrons. The van der Waals surface area contributed by atoms with Crippen molar-refractivity contribution in [2.75, 3.05) is 0 Å². The van der Waals surface area contributed by atoms with Gasteiger partial charge in [-0.3, -0.25) is 4.79 Å². The average Bonchev–Trinajstić information content (AvgIpc) is 2.88. The first kappa shape index (κ1) is 12.4. The van der Waals surface area contributed by atoms with E-state index in [1.165, 1.54) is 6.92 Å². The minimum absolute atomic E-state index is 0.154. The number of benzene rings is 1. The maximum absolute atomic E-state index is 12.0. The van der Waals surface area contributed by atoms with Crippen molar-refractivity contribution < 1.29 is 4.79 Å². The Balaban J connectivity index is 2.35. The quantitative estimate of drug-likeness (QED) is 0.722. The molecule has 2 heterocycles. The molecule has 3 rings (SSSR count). The SMILES string of the molecule is CC(=O)N1Cc2cnnn2-c2ccccc2C1(C)C#N. The molecular weight excluding hydrogens is 254 g/mol. The topological polar surface area (TPSA) is 74.8 Å². The number of amides is 1. The first-order valence-electron chi connectivity index (χ1n) is 6.27. The summed E-state index contributed by atoms with van der Waals surface area (Å²) in [6.45, 7) is 3.53. The number of fused-ring (bicyclic) bond motifs is 3. The molecule has 2 aromatic rings. The van der Waals surface area contributed by atoms with Gasteiger partial charge >= 0.3 is 0 Å². The van der Waals surface area contributed by atoms with Crippen LogP contribution in [-0.2, 0) is 16.9 Å². The molecule has 0 N–H and O–H groups in total. The second kappa shape index (κ2) is 4.17. The third-order valence-electron chi connectivity index (χ3n) is 3.73. The lowest BCUT2D eigenvalue weighted by Gasteiger charge is -2.34. The van der Waals surface area contributed by atoms with Gasteiger partial charge in [0.2, 0.25) is 5.91 Å². The van der Waals surface area contributed by atoms with Crippen LogP contribution >= 0.6 is 0 Å². The predicted octanol–water partition coefficient (Wildman–Crippen LogP) is 1.37. The van der Waals surface area contributed by atoms with Gasteiger partial charge in [0.25, 0.3) is 0 Å². The first-order valence-corrected chi connectivity index (χ1v) is 6.27. The van der Waals surface area contributed by atoms with E-state index >= 15 is 0 Å². The van der Waals surface area contributed by atoms with Crippen LogP contribution < -0.4 is 0 Å². The molecular formula is C14H13N5O. The van der Waals surface area contributed by atoms with Crippen LogP contribution in [0.2, 0.25) is 0 Å². The van der Waals surface area contributed by atoms with Crippen molar-refractivity contribution >= 4 is 5.91 Å². The second-order valence-electron chi connectivity index (χ2n) is 4.94. The number of hydrogen-bond acceptors (Lipinski definition) is 4. The van der Waals surface area contributed by atoms with Gasteiger partial charge < -0.3 is 4.90 Å². The smallest absolute Gasteiger partial charge is 0.221 e. The Morgan fingerprint density at radius 1 is 1.45 bits per heavy atom. The van der Waals surface area contributed by atoms with Crippen molar-refractivity contribution in [3.8, 4) is 11.8 Å². The van der Waals surface area contributed by atoms with Gasteiger partial charge in [0.15, 0.2) is 5.54 Å². The number of nitrogens with zero attached hydrogens (tertiary/aromatic N) is 5. The molecule has 1 aromatic carbocycles. The second-order valence-corrected chi connectivity index (χ2v) is 4.94. The van der Waals surface area contributed by atoms with Gasteiger partial charge in [0, 0.05) is 12.5 Å². The van der Waals surface area contributed by atoms with Crippen molar-refractivity contribution in [2.45, 2.75) is 25.9 Å². The van der Waals surface area contributed by atoms with Crippen LogP contribution in [0, 0.1) is 11.3 Å². The van der Waals surface area contributed by atoms with Gasteiger partial charge in [-0.1, -0.05) is 23.4 Å². The molecule has 1 aromatic heterocycles. The van der Waals surface area contributed by atoms with Crippen LogP contribution in [0.3, 0.4) is 0 Å². The van der Waals surface area contributed by atoms with Crippen molar-refractivity contribution in [1.29, 1.82) is 5.26 Å². The molecule has 0 radical (unpaired) electrons. The zero-order chi connectivity index (χ0) is 14.3. The van der Waals surface area contributed by atoms with E-state index in [2.05, 4.69) is 16.4 Å². The van der Waals surface area contributed by atoms with Crippen molar-refractivity contribution in [3.63, 3.8) is 0 Å². The summed E-state index contributed by atoms with van der Waals surface area (Å²) in [4.78, 5) is 13.5. The molecule has 1 aliphatic rings. The third-order valence-corrected chi connectivity index (χ3v) is 3.73. The van der Waals surface area contributed by atoms with Crippen molar-refractivity contribution in [2.24, 2.45) is 0 Å². The molecule has 6 nitrogen and oxygen atoms in total. The number of nitriles is 1. The van der Waals surface area contributed by atoms with Crippen molar-refractivity contribution in [1.82, 2.24) is 19.9 Å². The molecule has 0 saturated heterocycles. The summed E-state index contributed by atoms with van der Waals surface area (Å²) < 4.78 is 1.69. The summed E-state index contributed by atoms with van der Waals surface area (Å²) in [6, 6.07) is 9.75. The summed E-state index contributed by atoms with van der Waals surface area (Å²) in [6.07, 6.45) is 1.62. The van der Waals surface area contributed by atoms with Crippen LogP contribution in [-0.4, -0.2) is 25.8 Å². The molecule has 1 unspecified atom stereocenters. The molecule has 0 saturated carbocycles. The van der Waals surface area contributed by atoms with Gasteiger partial charge in [-0.15, -0.1) is 5.10 Å². The first-order chi connectivity index (χ1) is 9.58. The molecule has 1 amide bonds. The van der Waals surface area contributed by atoms with Gasteiger partial charge in [0.05, 0.1) is 30.2 Å². The van der Waals surface area contributed by atoms with Gasteiger partial charge in [-0.05, 0) is 13.0 Å². The van der Waals surface area contributed by atoms with E-state index in [9.17, 15) is 10.1 Å². The summed E-state index contributed by atoms with van der Waals surface area (Å²) in [5.41, 5.74) is 1.30. The van der Waals surface area contributed by atoms with E-state index in [0.29, 0.717) is 6.54 Å². The summed E-state index contributed by atoms with van der Waals surface area (Å²) >= 11 is 0. The summed E-state index contributed by atoms with van der Waals surface area (Å²) in [5.74, 6) is -0.154. The number of aromatic nitrogens is 3. The fraction of sp³-hybridized carbons (Fsp3) is 0.286. The van der Waals surface area contributed by atoms with Crippen LogP contribution in [0.4, 0.5) is 0 Å². The molecule has 0 spiro atoms. The lowest BCUT2D eigenvalue weighted by Crippen LogP contribution is -2.44. The normalized spacial score (nSPS) is 20.6. The molecule has 1 aliphatic heterocycles. The number of rotatable bonds is 0. The largest absolute Gasteiger partial charge is 0.314 e. The maximum atomic E-state index is 12.0. The number of carbonyl (C=O) groups is 1. The molecule has 0 bridgehead atoms. The summed E-state index contributed by atoms with van der Waals surface area (Å²) in [7, 11) is 0. The maximum Gasteiger partial charge on any atom is 0.221 e. The highest BCUT2D eigenvalue weighted by atomic mass is 16.2. The van der Waals surface area contributed by atoms with Crippen LogP contribution in [0.25, 0.3) is 5.69 Å². The van der Waals surface area contributed by atoms with E-state index in [0.717, 1.165) is 16.9 Å². The molecule has 0 fully saturated rings. The van der Waals surface area contributed by atoms with Crippen LogP contribution in [0.5, 0.6) is 0 Å². The number of carbonyl (C=O) groups excluding carboxylic acids is 1. The highest BCUT2D eigenvalue weighted by Crippen LogP contribution is 2.36. The monoisotopic (exact) mass is 267 g/mol. The Morgan fingerprint density at radius 3 is 2.90 bits per heavy atom. The van der Waals surface area contributed by atoms with E-state index in [-0.39, 0.29) is 5.91 Å². The fourth-order valence-corrected chi connectivity index (χ4v) is 2.65. The highest BCUT2D eigenvalue weighted by Gasteiger charge is 2.41. The minimum Gasteiger partial charge on any atom is -0.314 e. The molecule has 6 heteroatoms. The van der Waals surface area contributed by atoms with Gasteiger partial charge in [0.1, 0.15) is 0 Å². The molecule has 0 aliphatic carbocycles. The van der Waals surface area contributed by atoms with E-state index in [1.807, 2.05) is 24.3 Å². The van der Waals surface area contributed by atoms with Crippen molar-refractivity contribution in [3.05, 3.63) is 41.7 Å². The lowest BCUT2D eigenvalue weighted by atomic mass is 9.90. The number of para-hydroxylation sites is 1. The average molecular weight is 267 g/mol. The molecule has 1 atom stereocenters. The van der Waals surface area contributed by atoms with Crippen LogP contribution in [0.1, 0.15) is 25.1 Å². The standard InChI is InChI=1S/C14H13N5O/c1-10(20)18-8-11-7-16-17-19(11)13-6-4-3-5-12(13)14(18,2)9-15/h3-7H,8H2,1-2H3. The fourth-order valence-electron chi connectivity index (χ4n) is 2.65. The zero-order valence-corrected chi connectivity index (χ0v) is 11.2. The van der Waals surface area contributed by atoms with Crippen LogP contribution in [0.15, 0.2) is 30.5 Å². The van der Waals surface area contributed by atoms with E-state index < -0.39 is 5.54 Å². The Labute approximate surface area is 116 Å². The van der Waals surface area contributed by atoms with Gasteiger partial charge in [-0.2, -0.15) is 5.26 Å². The summed E-state index contributed by atoms with van der Waals surface area (Å²) in [5, 5.41) is 17.6. The molecule has 20 heavy (non-hydrogen) atoms. The predicted molar refractivity (Wildman–Crippen MR) is 70.5 cm³/mol. The van der Waals surface area contributed by atoms with E-state index in [1.54, 1.807) is 22.7 Å². The lowest BCUT2D eigenvalue weighted by molar-refractivity contribution is -0.133. The van der Waals surface area contributed by atoms with Gasteiger partial charge in [-0.25, -0.2) is 4.68 Å². The Morgan fingerprint density at radius 2 is 2.20 bits per heavy atom. The number of hydrogen-bond donors (Lipinski definition) is 0. The third kappa shape index (κ3) is 1.53. The zero-order valence-electron chi connectivity index (χ0n) is 11.2. The Hall–Kier alpha value is -2.68. The highest BCUT2D eigenvalue weighted by molar-refractivity contribution is 5.76. The Kier molecular flexibility index (Phi) is 2.57. The van der Waals surface area contributed by atoms with E-state index in [4.69, 9.17) is 0 Å².